The monoisotopic (exact) mass is 334 g/mol. The molecule has 1 aliphatic rings. The maximum Gasteiger partial charge on any atom is 0.231 e. The summed E-state index contributed by atoms with van der Waals surface area (Å²) in [4.78, 5) is 12.0. The molecule has 0 unspecified atom stereocenters. The Labute approximate surface area is 122 Å². The van der Waals surface area contributed by atoms with Gasteiger partial charge in [-0.05, 0) is 18.2 Å². The van der Waals surface area contributed by atoms with E-state index in [1.54, 1.807) is 0 Å². The van der Waals surface area contributed by atoms with Crippen molar-refractivity contribution in [2.75, 3.05) is 30.3 Å². The minimum absolute atomic E-state index is 0.0552. The fourth-order valence-corrected chi connectivity index (χ4v) is 4.64. The normalized spacial score (nSPS) is 14.1. The number of rotatable bonds is 6. The first-order chi connectivity index (χ1) is 9.66. The van der Waals surface area contributed by atoms with Crippen LogP contribution in [0.3, 0.4) is 0 Å². The van der Waals surface area contributed by atoms with E-state index in [4.69, 9.17) is 9.47 Å². The minimum Gasteiger partial charge on any atom is -0.454 e. The third kappa shape index (κ3) is 4.43. The zero-order valence-corrected chi connectivity index (χ0v) is 12.9. The summed E-state index contributed by atoms with van der Waals surface area (Å²) in [5.74, 6) is -1.53. The third-order valence-electron chi connectivity index (χ3n) is 2.81. The van der Waals surface area contributed by atoms with Crippen LogP contribution in [0.1, 0.15) is 10.4 Å². The van der Waals surface area contributed by atoms with Crippen molar-refractivity contribution in [3.8, 4) is 11.5 Å². The molecule has 7 nitrogen and oxygen atoms in total. The highest BCUT2D eigenvalue weighted by Crippen LogP contribution is 2.32. The molecule has 0 radical (unpaired) electrons. The van der Waals surface area contributed by atoms with Gasteiger partial charge in [0.25, 0.3) is 0 Å². The van der Waals surface area contributed by atoms with Crippen LogP contribution in [0.15, 0.2) is 18.2 Å². The number of benzene rings is 1. The number of fused-ring (bicyclic) bond motifs is 1. The average molecular weight is 334 g/mol. The lowest BCUT2D eigenvalue weighted by atomic mass is 10.1. The molecule has 21 heavy (non-hydrogen) atoms. The largest absolute Gasteiger partial charge is 0.454 e. The highest BCUT2D eigenvalue weighted by Gasteiger charge is 2.22. The summed E-state index contributed by atoms with van der Waals surface area (Å²) in [6.07, 6.45) is 0.947. The van der Waals surface area contributed by atoms with Crippen LogP contribution in [0.4, 0.5) is 0 Å². The van der Waals surface area contributed by atoms with Gasteiger partial charge in [0.2, 0.25) is 6.79 Å². The SMILES string of the molecule is CS(=O)(=O)CCS(=O)(=O)CC(=O)c1ccc2c(c1)OCO2. The topological polar surface area (TPSA) is 104 Å². The number of carbonyl (C=O) groups is 1. The van der Waals surface area contributed by atoms with E-state index in [1.807, 2.05) is 0 Å². The predicted octanol–water partition coefficient (Wildman–Crippen LogP) is 0.0574. The molecule has 2 rings (SSSR count). The molecule has 1 aromatic rings. The molecule has 1 heterocycles. The molecule has 0 saturated heterocycles. The molecule has 9 heteroatoms. The Morgan fingerprint density at radius 3 is 2.43 bits per heavy atom. The first-order valence-corrected chi connectivity index (χ1v) is 9.85. The van der Waals surface area contributed by atoms with Crippen LogP contribution in [-0.4, -0.2) is 52.9 Å². The van der Waals surface area contributed by atoms with Crippen LogP contribution >= 0.6 is 0 Å². The Morgan fingerprint density at radius 2 is 1.76 bits per heavy atom. The van der Waals surface area contributed by atoms with Gasteiger partial charge in [0, 0.05) is 11.8 Å². The van der Waals surface area contributed by atoms with E-state index in [0.717, 1.165) is 6.26 Å². The second-order valence-corrected chi connectivity index (χ2v) is 9.16. The quantitative estimate of drug-likeness (QED) is 0.677. The fourth-order valence-electron chi connectivity index (χ4n) is 1.70. The summed E-state index contributed by atoms with van der Waals surface area (Å²) in [6, 6.07) is 4.39. The standard InChI is InChI=1S/C12H14O7S2/c1-20(14,15)4-5-21(16,17)7-10(13)9-2-3-11-12(6-9)19-8-18-11/h2-3,6H,4-5,7-8H2,1H3. The van der Waals surface area contributed by atoms with E-state index in [1.165, 1.54) is 18.2 Å². The van der Waals surface area contributed by atoms with E-state index < -0.39 is 42.7 Å². The summed E-state index contributed by atoms with van der Waals surface area (Å²) in [5, 5.41) is 0. The van der Waals surface area contributed by atoms with Crippen molar-refractivity contribution < 1.29 is 31.1 Å². The third-order valence-corrected chi connectivity index (χ3v) is 5.54. The fraction of sp³-hybridized carbons (Fsp3) is 0.417. The summed E-state index contributed by atoms with van der Waals surface area (Å²) in [7, 11) is -7.17. The molecule has 0 N–H and O–H groups in total. The molecule has 0 spiro atoms. The first-order valence-electron chi connectivity index (χ1n) is 5.97. The number of sulfone groups is 2. The smallest absolute Gasteiger partial charge is 0.231 e. The van der Waals surface area contributed by atoms with Crippen molar-refractivity contribution in [1.82, 2.24) is 0 Å². The first kappa shape index (κ1) is 15.8. The van der Waals surface area contributed by atoms with E-state index in [2.05, 4.69) is 0 Å². The van der Waals surface area contributed by atoms with Crippen molar-refractivity contribution in [3.05, 3.63) is 23.8 Å². The number of ether oxygens (including phenoxy) is 2. The molecular weight excluding hydrogens is 320 g/mol. The molecule has 0 bridgehead atoms. The van der Waals surface area contributed by atoms with Gasteiger partial charge in [-0.2, -0.15) is 0 Å². The molecule has 1 aliphatic heterocycles. The van der Waals surface area contributed by atoms with E-state index >= 15 is 0 Å². The Hall–Kier alpha value is -1.61. The van der Waals surface area contributed by atoms with Crippen LogP contribution < -0.4 is 9.47 Å². The summed E-state index contributed by atoms with van der Waals surface area (Å²) in [5.41, 5.74) is 0.183. The highest BCUT2D eigenvalue weighted by atomic mass is 32.2. The second kappa shape index (κ2) is 5.64. The van der Waals surface area contributed by atoms with Crippen LogP contribution in [0.25, 0.3) is 0 Å². The Bertz CT molecular complexity index is 763. The van der Waals surface area contributed by atoms with Crippen molar-refractivity contribution in [1.29, 1.82) is 0 Å². The number of hydrogen-bond acceptors (Lipinski definition) is 7. The van der Waals surface area contributed by atoms with Crippen molar-refractivity contribution >= 4 is 25.5 Å². The Morgan fingerprint density at radius 1 is 1.10 bits per heavy atom. The van der Waals surface area contributed by atoms with Crippen molar-refractivity contribution in [2.45, 2.75) is 0 Å². The Kier molecular flexibility index (Phi) is 4.24. The van der Waals surface area contributed by atoms with Crippen molar-refractivity contribution in [3.63, 3.8) is 0 Å². The number of ketones is 1. The molecule has 0 aliphatic carbocycles. The van der Waals surface area contributed by atoms with Gasteiger partial charge in [-0.3, -0.25) is 4.79 Å². The number of hydrogen-bond donors (Lipinski definition) is 0. The molecule has 0 amide bonds. The predicted molar refractivity (Wildman–Crippen MR) is 75.3 cm³/mol. The van der Waals surface area contributed by atoms with E-state index in [9.17, 15) is 21.6 Å². The van der Waals surface area contributed by atoms with Crippen LogP contribution in [0, 0.1) is 0 Å². The molecule has 0 fully saturated rings. The van der Waals surface area contributed by atoms with Gasteiger partial charge in [0.1, 0.15) is 15.6 Å². The lowest BCUT2D eigenvalue weighted by Crippen LogP contribution is -2.23. The van der Waals surface area contributed by atoms with E-state index in [-0.39, 0.29) is 12.4 Å². The maximum atomic E-state index is 12.0. The van der Waals surface area contributed by atoms with Gasteiger partial charge in [0.05, 0.1) is 11.5 Å². The minimum atomic E-state index is -3.78. The molecule has 0 aromatic heterocycles. The van der Waals surface area contributed by atoms with Gasteiger partial charge >= 0.3 is 0 Å². The number of carbonyl (C=O) groups excluding carboxylic acids is 1. The lowest BCUT2D eigenvalue weighted by Gasteiger charge is -2.04. The summed E-state index contributed by atoms with van der Waals surface area (Å²) >= 11 is 0. The van der Waals surface area contributed by atoms with Gasteiger partial charge in [-0.1, -0.05) is 0 Å². The second-order valence-electron chi connectivity index (χ2n) is 4.71. The number of Topliss-reactive ketones (excluding diaryl/α,β-unsaturated/α-hetero) is 1. The summed E-state index contributed by atoms with van der Waals surface area (Å²) < 4.78 is 55.7. The molecule has 0 atom stereocenters. The molecule has 1 aromatic carbocycles. The highest BCUT2D eigenvalue weighted by molar-refractivity contribution is 7.95. The molecular formula is C12H14O7S2. The Balaban J connectivity index is 2.07. The molecule has 0 saturated carbocycles. The average Bonchev–Trinajstić information content (AvgIpc) is 2.82. The summed E-state index contributed by atoms with van der Waals surface area (Å²) in [6.45, 7) is 0.0552. The van der Waals surface area contributed by atoms with Crippen LogP contribution in [0.5, 0.6) is 11.5 Å². The van der Waals surface area contributed by atoms with E-state index in [0.29, 0.717) is 11.5 Å². The zero-order chi connectivity index (χ0) is 15.7. The van der Waals surface area contributed by atoms with Crippen molar-refractivity contribution in [2.24, 2.45) is 0 Å². The van der Waals surface area contributed by atoms with Gasteiger partial charge in [-0.25, -0.2) is 16.8 Å². The lowest BCUT2D eigenvalue weighted by molar-refractivity contribution is 0.102. The van der Waals surface area contributed by atoms with Gasteiger partial charge in [-0.15, -0.1) is 0 Å². The van der Waals surface area contributed by atoms with Gasteiger partial charge in [0.15, 0.2) is 27.1 Å². The van der Waals surface area contributed by atoms with Gasteiger partial charge < -0.3 is 9.47 Å². The maximum absolute atomic E-state index is 12.0. The van der Waals surface area contributed by atoms with Crippen LogP contribution in [0.2, 0.25) is 0 Å². The molecule has 116 valence electrons. The van der Waals surface area contributed by atoms with Crippen LogP contribution in [-0.2, 0) is 19.7 Å². The zero-order valence-electron chi connectivity index (χ0n) is 11.2.